The van der Waals surface area contributed by atoms with Crippen molar-refractivity contribution < 1.29 is 4.39 Å². The minimum atomic E-state index is -0.130. The third-order valence-corrected chi connectivity index (χ3v) is 3.57. The lowest BCUT2D eigenvalue weighted by atomic mass is 9.95. The third kappa shape index (κ3) is 2.03. The van der Waals surface area contributed by atoms with Crippen LogP contribution in [0, 0.1) is 5.13 Å². The molecule has 0 saturated carbocycles. The van der Waals surface area contributed by atoms with E-state index in [0.717, 1.165) is 4.88 Å². The predicted octanol–water partition coefficient (Wildman–Crippen LogP) is 3.95. The fraction of sp³-hybridized carbons (Fsp3) is 0.500. The van der Waals surface area contributed by atoms with E-state index >= 15 is 0 Å². The molecule has 0 aliphatic rings. The van der Waals surface area contributed by atoms with Crippen molar-refractivity contribution in [2.24, 2.45) is 0 Å². The first-order valence-corrected chi connectivity index (χ1v) is 4.97. The lowest BCUT2D eigenvalue weighted by Crippen LogP contribution is -2.07. The maximum Gasteiger partial charge on any atom is 0.190 e. The average molecular weight is 237 g/mol. The zero-order valence-corrected chi connectivity index (χ0v) is 9.14. The van der Waals surface area contributed by atoms with Crippen molar-refractivity contribution in [2.75, 3.05) is 0 Å². The third-order valence-electron chi connectivity index (χ3n) is 1.38. The summed E-state index contributed by atoms with van der Waals surface area (Å²) in [4.78, 5) is 1.07. The van der Waals surface area contributed by atoms with E-state index in [1.165, 1.54) is 11.3 Å². The molecule has 0 fully saturated rings. The van der Waals surface area contributed by atoms with Crippen molar-refractivity contribution in [3.63, 3.8) is 0 Å². The molecular weight excluding hydrogens is 227 g/mol. The summed E-state index contributed by atoms with van der Waals surface area (Å²) >= 11 is 4.35. The van der Waals surface area contributed by atoms with Gasteiger partial charge >= 0.3 is 0 Å². The van der Waals surface area contributed by atoms with Crippen LogP contribution in [0.2, 0.25) is 0 Å². The molecule has 0 amide bonds. The zero-order chi connectivity index (χ0) is 8.65. The van der Waals surface area contributed by atoms with Crippen molar-refractivity contribution in [3.05, 3.63) is 20.5 Å². The normalized spacial score (nSPS) is 12.1. The minimum Gasteiger partial charge on any atom is -0.194 e. The molecule has 0 atom stereocenters. The Morgan fingerprint density at radius 2 is 2.00 bits per heavy atom. The topological polar surface area (TPSA) is 0 Å². The number of halogens is 2. The molecule has 0 aliphatic heterocycles. The van der Waals surface area contributed by atoms with Gasteiger partial charge in [-0.2, -0.15) is 4.39 Å². The Kier molecular flexibility index (Phi) is 2.40. The van der Waals surface area contributed by atoms with Gasteiger partial charge in [0.05, 0.1) is 4.47 Å². The average Bonchev–Trinajstić information content (AvgIpc) is 2.11. The first-order valence-electron chi connectivity index (χ1n) is 3.36. The Balaban J connectivity index is 3.08. The summed E-state index contributed by atoms with van der Waals surface area (Å²) < 4.78 is 13.4. The van der Waals surface area contributed by atoms with Crippen molar-refractivity contribution in [3.8, 4) is 0 Å². The van der Waals surface area contributed by atoms with Crippen LogP contribution in [0.25, 0.3) is 0 Å². The van der Waals surface area contributed by atoms with Gasteiger partial charge in [0.15, 0.2) is 5.13 Å². The second-order valence-corrected chi connectivity index (χ2v) is 5.34. The molecule has 1 rings (SSSR count). The van der Waals surface area contributed by atoms with Crippen LogP contribution in [0.3, 0.4) is 0 Å². The molecule has 0 radical (unpaired) electrons. The van der Waals surface area contributed by atoms with Gasteiger partial charge in [-0.25, -0.2) is 0 Å². The van der Waals surface area contributed by atoms with E-state index in [2.05, 4.69) is 36.7 Å². The first-order chi connectivity index (χ1) is 4.91. The fourth-order valence-corrected chi connectivity index (χ4v) is 2.17. The molecule has 0 nitrogen and oxygen atoms in total. The van der Waals surface area contributed by atoms with Crippen LogP contribution in [0.1, 0.15) is 25.6 Å². The summed E-state index contributed by atoms with van der Waals surface area (Å²) in [6.07, 6.45) is 0. The van der Waals surface area contributed by atoms with E-state index in [4.69, 9.17) is 0 Å². The molecule has 3 heteroatoms. The number of hydrogen-bond donors (Lipinski definition) is 0. The molecule has 1 aromatic heterocycles. The van der Waals surface area contributed by atoms with Crippen molar-refractivity contribution in [1.29, 1.82) is 0 Å². The number of hydrogen-bond acceptors (Lipinski definition) is 1. The van der Waals surface area contributed by atoms with E-state index in [1.54, 1.807) is 0 Å². The lowest BCUT2D eigenvalue weighted by Gasteiger charge is -2.14. The summed E-state index contributed by atoms with van der Waals surface area (Å²) in [5.41, 5.74) is 0.0531. The molecule has 0 aliphatic carbocycles. The molecule has 11 heavy (non-hydrogen) atoms. The summed E-state index contributed by atoms with van der Waals surface area (Å²) in [6.45, 7) is 6.22. The molecule has 0 saturated heterocycles. The van der Waals surface area contributed by atoms with Crippen molar-refractivity contribution in [1.82, 2.24) is 0 Å². The highest BCUT2D eigenvalue weighted by molar-refractivity contribution is 9.10. The van der Waals surface area contributed by atoms with Crippen LogP contribution in [0.4, 0.5) is 4.39 Å². The number of thiophene rings is 1. The van der Waals surface area contributed by atoms with Gasteiger partial charge in [-0.3, -0.25) is 0 Å². The Morgan fingerprint density at radius 3 is 2.18 bits per heavy atom. The molecular formula is C8H10BrFS. The molecule has 1 aromatic rings. The maximum atomic E-state index is 12.8. The fourth-order valence-electron chi connectivity index (χ4n) is 0.716. The predicted molar refractivity (Wildman–Crippen MR) is 50.7 cm³/mol. The second kappa shape index (κ2) is 2.87. The molecule has 0 bridgehead atoms. The quantitative estimate of drug-likeness (QED) is 0.640. The van der Waals surface area contributed by atoms with Gasteiger partial charge in [0.2, 0.25) is 0 Å². The van der Waals surface area contributed by atoms with Crippen LogP contribution >= 0.6 is 27.3 Å². The van der Waals surface area contributed by atoms with Crippen molar-refractivity contribution >= 4 is 27.3 Å². The van der Waals surface area contributed by atoms with E-state index in [-0.39, 0.29) is 10.5 Å². The lowest BCUT2D eigenvalue weighted by molar-refractivity contribution is 0.603. The molecule has 0 unspecified atom stereocenters. The maximum absolute atomic E-state index is 12.8. The monoisotopic (exact) mass is 236 g/mol. The summed E-state index contributed by atoms with van der Waals surface area (Å²) in [5.74, 6) is 0. The van der Waals surface area contributed by atoms with Crippen LogP contribution in [0.15, 0.2) is 10.5 Å². The molecule has 62 valence electrons. The summed E-state index contributed by atoms with van der Waals surface area (Å²) in [5, 5.41) is -0.130. The Labute approximate surface area is 78.6 Å². The van der Waals surface area contributed by atoms with Crippen LogP contribution < -0.4 is 0 Å². The van der Waals surface area contributed by atoms with Gasteiger partial charge in [-0.1, -0.05) is 20.8 Å². The van der Waals surface area contributed by atoms with E-state index < -0.39 is 0 Å². The van der Waals surface area contributed by atoms with Gasteiger partial charge in [-0.15, -0.1) is 11.3 Å². The standard InChI is InChI=1S/C8H10BrFS/c1-8(2,3)6-4-5(9)7(10)11-6/h4H,1-3H3. The zero-order valence-electron chi connectivity index (χ0n) is 6.74. The second-order valence-electron chi connectivity index (χ2n) is 3.48. The molecule has 0 aromatic carbocycles. The summed E-state index contributed by atoms with van der Waals surface area (Å²) in [6, 6.07) is 1.85. The van der Waals surface area contributed by atoms with E-state index in [0.29, 0.717) is 4.47 Å². The highest BCUT2D eigenvalue weighted by atomic mass is 79.9. The Hall–Kier alpha value is 0.110. The van der Waals surface area contributed by atoms with Gasteiger partial charge in [0.25, 0.3) is 0 Å². The molecule has 0 spiro atoms. The van der Waals surface area contributed by atoms with Crippen molar-refractivity contribution in [2.45, 2.75) is 26.2 Å². The first kappa shape index (κ1) is 9.20. The molecule has 0 N–H and O–H groups in total. The highest BCUT2D eigenvalue weighted by Crippen LogP contribution is 2.33. The van der Waals surface area contributed by atoms with E-state index in [1.807, 2.05) is 6.07 Å². The Morgan fingerprint density at radius 1 is 1.45 bits per heavy atom. The van der Waals surface area contributed by atoms with Gasteiger partial charge in [0, 0.05) is 4.88 Å². The van der Waals surface area contributed by atoms with E-state index in [9.17, 15) is 4.39 Å². The minimum absolute atomic E-state index is 0.0531. The van der Waals surface area contributed by atoms with Crippen LogP contribution in [0.5, 0.6) is 0 Å². The van der Waals surface area contributed by atoms with Gasteiger partial charge in [-0.05, 0) is 27.4 Å². The van der Waals surface area contributed by atoms with Gasteiger partial charge < -0.3 is 0 Å². The van der Waals surface area contributed by atoms with Crippen LogP contribution in [-0.4, -0.2) is 0 Å². The highest BCUT2D eigenvalue weighted by Gasteiger charge is 2.18. The SMILES string of the molecule is CC(C)(C)c1cc(Br)c(F)s1. The number of rotatable bonds is 0. The summed E-state index contributed by atoms with van der Waals surface area (Å²) in [7, 11) is 0. The largest absolute Gasteiger partial charge is 0.194 e. The van der Waals surface area contributed by atoms with Crippen LogP contribution in [-0.2, 0) is 5.41 Å². The Bertz CT molecular complexity index is 240. The molecule has 1 heterocycles. The smallest absolute Gasteiger partial charge is 0.190 e. The van der Waals surface area contributed by atoms with Gasteiger partial charge in [0.1, 0.15) is 0 Å².